The number of esters is 1. The minimum absolute atomic E-state index is 0.0117. The van der Waals surface area contributed by atoms with Gasteiger partial charge in [-0.3, -0.25) is 14.7 Å². The number of hydrogen-bond acceptors (Lipinski definition) is 8. The summed E-state index contributed by atoms with van der Waals surface area (Å²) in [4.78, 5) is 15.9. The highest BCUT2D eigenvalue weighted by molar-refractivity contribution is 7.62. The molecule has 0 aliphatic carbocycles. The van der Waals surface area contributed by atoms with Crippen LogP contribution in [0.25, 0.3) is 11.5 Å². The third kappa shape index (κ3) is 5.74. The molecule has 0 amide bonds. The molecular formula is C18H25N2O6P. The second-order valence-electron chi connectivity index (χ2n) is 5.37. The Bertz CT molecular complexity index is 767. The van der Waals surface area contributed by atoms with Gasteiger partial charge in [0.05, 0.1) is 32.9 Å². The Hall–Kier alpha value is -1.99. The number of oxazole rings is 1. The van der Waals surface area contributed by atoms with Gasteiger partial charge in [0, 0.05) is 5.56 Å². The monoisotopic (exact) mass is 396 g/mol. The Morgan fingerprint density at radius 2 is 1.78 bits per heavy atom. The molecule has 2 aromatic rings. The molecule has 1 N–H and O–H groups in total. The van der Waals surface area contributed by atoms with Gasteiger partial charge in [-0.05, 0) is 32.9 Å². The number of nitrogens with one attached hydrogen (secondary N) is 1. The number of carbonyl (C=O) groups excluding carboxylic acids is 1. The van der Waals surface area contributed by atoms with Crippen molar-refractivity contribution in [1.82, 2.24) is 10.3 Å². The van der Waals surface area contributed by atoms with Crippen LogP contribution in [0.2, 0.25) is 0 Å². The average Bonchev–Trinajstić information content (AvgIpc) is 3.08. The second kappa shape index (κ2) is 10.4. The number of benzene rings is 1. The van der Waals surface area contributed by atoms with Gasteiger partial charge in [-0.1, -0.05) is 18.2 Å². The quantitative estimate of drug-likeness (QED) is 0.457. The molecule has 0 fully saturated rings. The van der Waals surface area contributed by atoms with Gasteiger partial charge >= 0.3 is 13.6 Å². The van der Waals surface area contributed by atoms with Gasteiger partial charge in [0.1, 0.15) is 0 Å². The largest absolute Gasteiger partial charge is 0.465 e. The predicted molar refractivity (Wildman–Crippen MR) is 101 cm³/mol. The third-order valence-corrected chi connectivity index (χ3v) is 5.48. The highest BCUT2D eigenvalue weighted by Gasteiger charge is 2.35. The zero-order valence-electron chi connectivity index (χ0n) is 15.8. The molecule has 148 valence electrons. The molecule has 0 unspecified atom stereocenters. The van der Waals surface area contributed by atoms with E-state index >= 15 is 0 Å². The maximum Gasteiger partial charge on any atom is 0.383 e. The number of hydrogen-bond donors (Lipinski definition) is 1. The van der Waals surface area contributed by atoms with Gasteiger partial charge in [0.2, 0.25) is 5.89 Å². The third-order valence-electron chi connectivity index (χ3n) is 3.42. The summed E-state index contributed by atoms with van der Waals surface area (Å²) >= 11 is 0. The summed E-state index contributed by atoms with van der Waals surface area (Å²) in [7, 11) is -3.65. The van der Waals surface area contributed by atoms with Crippen LogP contribution in [0, 0.1) is 0 Å². The van der Waals surface area contributed by atoms with Crippen molar-refractivity contribution in [3.05, 3.63) is 36.1 Å². The molecule has 0 bridgehead atoms. The first-order valence-corrected chi connectivity index (χ1v) is 10.4. The summed E-state index contributed by atoms with van der Waals surface area (Å²) in [5, 5.41) is 2.91. The van der Waals surface area contributed by atoms with E-state index in [0.29, 0.717) is 18.3 Å². The predicted octanol–water partition coefficient (Wildman–Crippen LogP) is 2.89. The highest BCUT2D eigenvalue weighted by Crippen LogP contribution is 2.47. The summed E-state index contributed by atoms with van der Waals surface area (Å²) in [5.74, 6) is 0.209. The van der Waals surface area contributed by atoms with Gasteiger partial charge in [-0.15, -0.1) is 0 Å². The summed E-state index contributed by atoms with van der Waals surface area (Å²) < 4.78 is 34.7. The standard InChI is InChI=1S/C18H25N2O6P/c1-4-23-16(21)13-19-12-15-18(27(22,24-5-2)25-6-3)20-17(26-15)14-10-8-7-9-11-14/h7-11,19H,4-6,12-13H2,1-3H3. The van der Waals surface area contributed by atoms with E-state index in [2.05, 4.69) is 10.3 Å². The molecule has 1 heterocycles. The number of ether oxygens (including phenoxy) is 1. The van der Waals surface area contributed by atoms with E-state index < -0.39 is 7.60 Å². The van der Waals surface area contributed by atoms with Crippen molar-refractivity contribution in [1.29, 1.82) is 0 Å². The van der Waals surface area contributed by atoms with E-state index in [1.165, 1.54) is 0 Å². The molecule has 2 rings (SSSR count). The van der Waals surface area contributed by atoms with E-state index in [1.807, 2.05) is 30.3 Å². The van der Waals surface area contributed by atoms with Crippen LogP contribution in [0.15, 0.2) is 34.7 Å². The molecule has 0 aliphatic rings. The zero-order chi connectivity index (χ0) is 19.7. The Kier molecular flexibility index (Phi) is 8.19. The molecule has 9 heteroatoms. The van der Waals surface area contributed by atoms with E-state index in [4.69, 9.17) is 18.2 Å². The molecule has 1 aromatic heterocycles. The minimum atomic E-state index is -3.65. The molecule has 27 heavy (non-hydrogen) atoms. The van der Waals surface area contributed by atoms with Crippen molar-refractivity contribution < 1.29 is 27.6 Å². The fourth-order valence-corrected chi connectivity index (χ4v) is 4.01. The maximum atomic E-state index is 13.2. The Morgan fingerprint density at radius 3 is 2.37 bits per heavy atom. The molecule has 0 saturated carbocycles. The molecule has 0 radical (unpaired) electrons. The fourth-order valence-electron chi connectivity index (χ4n) is 2.37. The van der Waals surface area contributed by atoms with Gasteiger partial charge in [0.15, 0.2) is 11.2 Å². The number of aromatic nitrogens is 1. The average molecular weight is 396 g/mol. The van der Waals surface area contributed by atoms with Crippen LogP contribution in [-0.4, -0.2) is 37.3 Å². The van der Waals surface area contributed by atoms with Crippen LogP contribution in [0.4, 0.5) is 0 Å². The summed E-state index contributed by atoms with van der Waals surface area (Å²) in [6.07, 6.45) is 0. The highest BCUT2D eigenvalue weighted by atomic mass is 31.2. The molecule has 0 saturated heterocycles. The molecule has 1 aromatic carbocycles. The normalized spacial score (nSPS) is 11.5. The van der Waals surface area contributed by atoms with Crippen molar-refractivity contribution in [2.45, 2.75) is 27.3 Å². The number of nitrogens with zero attached hydrogens (tertiary/aromatic N) is 1. The maximum absolute atomic E-state index is 13.2. The zero-order valence-corrected chi connectivity index (χ0v) is 16.7. The van der Waals surface area contributed by atoms with Crippen molar-refractivity contribution in [2.75, 3.05) is 26.4 Å². The first-order valence-electron chi connectivity index (χ1n) is 8.85. The Labute approximate surface area is 158 Å². The van der Waals surface area contributed by atoms with Gasteiger partial charge in [-0.2, -0.15) is 0 Å². The van der Waals surface area contributed by atoms with E-state index in [-0.39, 0.29) is 37.7 Å². The van der Waals surface area contributed by atoms with Gasteiger partial charge < -0.3 is 18.2 Å². The minimum Gasteiger partial charge on any atom is -0.465 e. The first kappa shape index (κ1) is 21.3. The molecule has 0 atom stereocenters. The van der Waals surface area contributed by atoms with Crippen LogP contribution in [0.1, 0.15) is 26.5 Å². The summed E-state index contributed by atoms with van der Waals surface area (Å²) in [6, 6.07) is 9.24. The molecular weight excluding hydrogens is 371 g/mol. The van der Waals surface area contributed by atoms with E-state index in [0.717, 1.165) is 5.56 Å². The lowest BCUT2D eigenvalue weighted by molar-refractivity contribution is -0.142. The first-order chi connectivity index (χ1) is 13.0. The van der Waals surface area contributed by atoms with Crippen LogP contribution in [0.3, 0.4) is 0 Å². The van der Waals surface area contributed by atoms with Crippen LogP contribution in [-0.2, 0) is 29.7 Å². The van der Waals surface area contributed by atoms with Crippen LogP contribution < -0.4 is 10.8 Å². The van der Waals surface area contributed by atoms with Crippen molar-refractivity contribution in [2.24, 2.45) is 0 Å². The lowest BCUT2D eigenvalue weighted by atomic mass is 10.2. The smallest absolute Gasteiger partial charge is 0.383 e. The fraction of sp³-hybridized carbons (Fsp3) is 0.444. The van der Waals surface area contributed by atoms with Crippen molar-refractivity contribution in [3.8, 4) is 11.5 Å². The van der Waals surface area contributed by atoms with E-state index in [1.54, 1.807) is 20.8 Å². The number of carbonyl (C=O) groups is 1. The molecule has 8 nitrogen and oxygen atoms in total. The Morgan fingerprint density at radius 1 is 1.11 bits per heavy atom. The number of rotatable bonds is 11. The Balaban J connectivity index is 2.32. The topological polar surface area (TPSA) is 99.9 Å². The summed E-state index contributed by atoms with van der Waals surface area (Å²) in [6.45, 7) is 5.99. The lowest BCUT2D eigenvalue weighted by Crippen LogP contribution is -2.27. The molecule has 0 aliphatic heterocycles. The lowest BCUT2D eigenvalue weighted by Gasteiger charge is -2.15. The van der Waals surface area contributed by atoms with Crippen LogP contribution in [0.5, 0.6) is 0 Å². The van der Waals surface area contributed by atoms with E-state index in [9.17, 15) is 9.36 Å². The SMILES string of the molecule is CCOC(=O)CNCc1oc(-c2ccccc2)nc1P(=O)(OCC)OCC. The van der Waals surface area contributed by atoms with Crippen molar-refractivity contribution >= 4 is 19.0 Å². The second-order valence-corrected chi connectivity index (χ2v) is 7.31. The van der Waals surface area contributed by atoms with Crippen LogP contribution >= 0.6 is 7.60 Å². The van der Waals surface area contributed by atoms with Gasteiger partial charge in [-0.25, -0.2) is 4.98 Å². The van der Waals surface area contributed by atoms with Gasteiger partial charge in [0.25, 0.3) is 0 Å². The summed E-state index contributed by atoms with van der Waals surface area (Å²) in [5.41, 5.74) is 0.844. The molecule has 0 spiro atoms. The van der Waals surface area contributed by atoms with Crippen molar-refractivity contribution in [3.63, 3.8) is 0 Å².